The normalized spacial score (nSPS) is 10.5. The van der Waals surface area contributed by atoms with Gasteiger partial charge in [0.1, 0.15) is 18.7 Å². The van der Waals surface area contributed by atoms with Gasteiger partial charge in [-0.15, -0.1) is 11.8 Å². The Balaban J connectivity index is 1.79. The molecular formula is C14H15N3O6S. The van der Waals surface area contributed by atoms with Crippen molar-refractivity contribution in [3.05, 3.63) is 45.9 Å². The number of phenols is 2. The Bertz CT molecular complexity index is 761. The van der Waals surface area contributed by atoms with Crippen molar-refractivity contribution in [3.63, 3.8) is 0 Å². The molecule has 0 spiro atoms. The Kier molecular flexibility index (Phi) is 5.64. The number of imidazole rings is 1. The third-order valence-corrected chi connectivity index (χ3v) is 3.92. The first kappa shape index (κ1) is 17.6. The van der Waals surface area contributed by atoms with Crippen LogP contribution < -0.4 is 0 Å². The van der Waals surface area contributed by atoms with Crippen LogP contribution >= 0.6 is 11.8 Å². The number of carbonyl (C=O) groups excluding carboxylic acids is 1. The van der Waals surface area contributed by atoms with E-state index >= 15 is 0 Å². The van der Waals surface area contributed by atoms with E-state index in [-0.39, 0.29) is 23.1 Å². The molecule has 0 saturated carbocycles. The van der Waals surface area contributed by atoms with Gasteiger partial charge >= 0.3 is 11.8 Å². The number of aryl methyl sites for hydroxylation is 1. The molecule has 10 heteroatoms. The van der Waals surface area contributed by atoms with Gasteiger partial charge < -0.3 is 25.1 Å². The molecule has 0 saturated heterocycles. The second-order valence-corrected chi connectivity index (χ2v) is 5.79. The highest BCUT2D eigenvalue weighted by atomic mass is 32.2. The number of hydrogen-bond acceptors (Lipinski definition) is 8. The SMILES string of the molecule is Cc1ncc([N+](=O)[O-])n1CCSCOC(=O)c1ccc(O)c(O)c1. The van der Waals surface area contributed by atoms with Crippen molar-refractivity contribution in [1.82, 2.24) is 9.55 Å². The predicted molar refractivity (Wildman–Crippen MR) is 86.1 cm³/mol. The summed E-state index contributed by atoms with van der Waals surface area (Å²) in [5.41, 5.74) is 0.118. The largest absolute Gasteiger partial charge is 0.504 e. The van der Waals surface area contributed by atoms with Gasteiger partial charge in [0.2, 0.25) is 0 Å². The van der Waals surface area contributed by atoms with Crippen LogP contribution in [0.2, 0.25) is 0 Å². The summed E-state index contributed by atoms with van der Waals surface area (Å²) in [6.45, 7) is 2.04. The molecule has 0 aliphatic heterocycles. The molecular weight excluding hydrogens is 338 g/mol. The zero-order valence-corrected chi connectivity index (χ0v) is 13.5. The summed E-state index contributed by atoms with van der Waals surface area (Å²) in [5, 5.41) is 29.4. The van der Waals surface area contributed by atoms with Gasteiger partial charge in [0.05, 0.1) is 5.56 Å². The van der Waals surface area contributed by atoms with E-state index in [1.807, 2.05) is 0 Å². The Morgan fingerprint density at radius 1 is 1.42 bits per heavy atom. The fraction of sp³-hybridized carbons (Fsp3) is 0.286. The van der Waals surface area contributed by atoms with E-state index in [4.69, 9.17) is 4.74 Å². The number of nitro groups is 1. The molecule has 0 bridgehead atoms. The fourth-order valence-electron chi connectivity index (χ4n) is 1.92. The van der Waals surface area contributed by atoms with E-state index in [0.29, 0.717) is 18.1 Å². The number of rotatable bonds is 7. The summed E-state index contributed by atoms with van der Waals surface area (Å²) >= 11 is 1.28. The number of aromatic nitrogens is 2. The van der Waals surface area contributed by atoms with Gasteiger partial charge in [-0.05, 0) is 23.1 Å². The molecule has 0 aliphatic rings. The van der Waals surface area contributed by atoms with Crippen LogP contribution in [-0.2, 0) is 11.3 Å². The third-order valence-electron chi connectivity index (χ3n) is 3.16. The topological polar surface area (TPSA) is 128 Å². The van der Waals surface area contributed by atoms with Crippen molar-refractivity contribution in [2.45, 2.75) is 13.5 Å². The smallest absolute Gasteiger partial charge is 0.342 e. The quantitative estimate of drug-likeness (QED) is 0.193. The summed E-state index contributed by atoms with van der Waals surface area (Å²) in [5.74, 6) is -0.349. The molecule has 0 amide bonds. The van der Waals surface area contributed by atoms with E-state index in [1.165, 1.54) is 34.7 Å². The number of aromatic hydroxyl groups is 2. The second-order valence-electron chi connectivity index (χ2n) is 4.73. The molecule has 2 rings (SSSR count). The molecule has 128 valence electrons. The Morgan fingerprint density at radius 2 is 2.17 bits per heavy atom. The number of ether oxygens (including phenoxy) is 1. The fourth-order valence-corrected chi connectivity index (χ4v) is 2.54. The zero-order chi connectivity index (χ0) is 17.7. The van der Waals surface area contributed by atoms with Crippen LogP contribution in [0.3, 0.4) is 0 Å². The summed E-state index contributed by atoms with van der Waals surface area (Å²) in [6.07, 6.45) is 1.21. The lowest BCUT2D eigenvalue weighted by atomic mass is 10.2. The average Bonchev–Trinajstić information content (AvgIpc) is 2.90. The molecule has 0 atom stereocenters. The van der Waals surface area contributed by atoms with Crippen molar-refractivity contribution >= 4 is 23.5 Å². The minimum Gasteiger partial charge on any atom is -0.504 e. The third kappa shape index (κ3) is 4.16. The van der Waals surface area contributed by atoms with E-state index in [9.17, 15) is 25.1 Å². The van der Waals surface area contributed by atoms with Crippen LogP contribution in [0.25, 0.3) is 0 Å². The number of hydrogen-bond donors (Lipinski definition) is 2. The number of thioether (sulfide) groups is 1. The maximum atomic E-state index is 11.8. The van der Waals surface area contributed by atoms with Gasteiger partial charge in [0.15, 0.2) is 17.3 Å². The highest BCUT2D eigenvalue weighted by molar-refractivity contribution is 7.99. The maximum absolute atomic E-state index is 11.8. The van der Waals surface area contributed by atoms with E-state index in [1.54, 1.807) is 6.92 Å². The zero-order valence-electron chi connectivity index (χ0n) is 12.7. The molecule has 1 aromatic heterocycles. The summed E-state index contributed by atoms with van der Waals surface area (Å²) in [7, 11) is 0. The first-order valence-corrected chi connectivity index (χ1v) is 7.99. The molecule has 0 aliphatic carbocycles. The molecule has 24 heavy (non-hydrogen) atoms. The minimum atomic E-state index is -0.636. The van der Waals surface area contributed by atoms with Crippen LogP contribution in [0.15, 0.2) is 24.4 Å². The van der Waals surface area contributed by atoms with Crippen molar-refractivity contribution in [3.8, 4) is 11.5 Å². The summed E-state index contributed by atoms with van der Waals surface area (Å²) in [6, 6.07) is 3.64. The molecule has 0 unspecified atom stereocenters. The Labute approximate surface area is 141 Å². The lowest BCUT2D eigenvalue weighted by molar-refractivity contribution is -0.392. The Hall–Kier alpha value is -2.75. The van der Waals surface area contributed by atoms with Crippen LogP contribution in [-0.4, -0.2) is 42.3 Å². The molecule has 9 nitrogen and oxygen atoms in total. The number of nitrogens with zero attached hydrogens (tertiary/aromatic N) is 3. The standard InChI is InChI=1S/C14H15N3O6S/c1-9-15-7-13(17(21)22)16(9)4-5-24-8-23-14(20)10-2-3-11(18)12(19)6-10/h2-3,6-7,18-19H,4-5,8H2,1H3. The molecule has 2 aromatic rings. The van der Waals surface area contributed by atoms with Gasteiger partial charge in [-0.1, -0.05) is 0 Å². The minimum absolute atomic E-state index is 0.0576. The highest BCUT2D eigenvalue weighted by Gasteiger charge is 2.17. The van der Waals surface area contributed by atoms with Gasteiger partial charge in [0, 0.05) is 12.7 Å². The average molecular weight is 353 g/mol. The van der Waals surface area contributed by atoms with Gasteiger partial charge in [-0.2, -0.15) is 0 Å². The summed E-state index contributed by atoms with van der Waals surface area (Å²) < 4.78 is 6.50. The van der Waals surface area contributed by atoms with Gasteiger partial charge in [-0.25, -0.2) is 14.3 Å². The predicted octanol–water partition coefficient (Wildman–Crippen LogP) is 2.06. The van der Waals surface area contributed by atoms with Crippen LogP contribution in [0, 0.1) is 17.0 Å². The van der Waals surface area contributed by atoms with Crippen molar-refractivity contribution in [2.75, 3.05) is 11.7 Å². The van der Waals surface area contributed by atoms with Crippen molar-refractivity contribution in [2.24, 2.45) is 0 Å². The van der Waals surface area contributed by atoms with Crippen molar-refractivity contribution < 1.29 is 24.7 Å². The van der Waals surface area contributed by atoms with Crippen LogP contribution in [0.1, 0.15) is 16.2 Å². The lowest BCUT2D eigenvalue weighted by Gasteiger charge is -2.06. The molecule has 0 fully saturated rings. The van der Waals surface area contributed by atoms with Crippen LogP contribution in [0.5, 0.6) is 11.5 Å². The molecule has 1 heterocycles. The van der Waals surface area contributed by atoms with Gasteiger partial charge in [-0.3, -0.25) is 0 Å². The maximum Gasteiger partial charge on any atom is 0.342 e. The second kappa shape index (κ2) is 7.68. The van der Waals surface area contributed by atoms with Gasteiger partial charge in [0.25, 0.3) is 0 Å². The number of benzene rings is 1. The van der Waals surface area contributed by atoms with Crippen LogP contribution in [0.4, 0.5) is 5.82 Å². The first-order valence-electron chi connectivity index (χ1n) is 6.83. The first-order chi connectivity index (χ1) is 11.4. The van der Waals surface area contributed by atoms with Crippen molar-refractivity contribution in [1.29, 1.82) is 0 Å². The Morgan fingerprint density at radius 3 is 2.83 bits per heavy atom. The lowest BCUT2D eigenvalue weighted by Crippen LogP contribution is -2.09. The van der Waals surface area contributed by atoms with E-state index < -0.39 is 16.6 Å². The van der Waals surface area contributed by atoms with E-state index in [2.05, 4.69) is 4.98 Å². The monoisotopic (exact) mass is 353 g/mol. The van der Waals surface area contributed by atoms with E-state index in [0.717, 1.165) is 6.07 Å². The molecule has 2 N–H and O–H groups in total. The number of carbonyl (C=O) groups is 1. The number of esters is 1. The molecule has 1 aromatic carbocycles. The molecule has 0 radical (unpaired) electrons. The highest BCUT2D eigenvalue weighted by Crippen LogP contribution is 2.25. The number of phenolic OH excluding ortho intramolecular Hbond substituents is 2. The summed E-state index contributed by atoms with van der Waals surface area (Å²) in [4.78, 5) is 26.0.